The van der Waals surface area contributed by atoms with Crippen LogP contribution in [0.3, 0.4) is 0 Å². The standard InChI is InChI=1S/C20H32N4.HI/c1-2-21-20(22-12-8-15-23-13-6-7-14-23)24-16-11-19(17-24)18-9-4-3-5-10-18;/h3-5,9-10,19H,2,6-8,11-17H2,1H3,(H,21,22);1H. The van der Waals surface area contributed by atoms with E-state index in [1.54, 1.807) is 0 Å². The molecule has 2 fully saturated rings. The highest BCUT2D eigenvalue weighted by Gasteiger charge is 2.25. The Morgan fingerprint density at radius 3 is 2.64 bits per heavy atom. The highest BCUT2D eigenvalue weighted by molar-refractivity contribution is 14.0. The molecule has 25 heavy (non-hydrogen) atoms. The maximum Gasteiger partial charge on any atom is 0.193 e. The van der Waals surface area contributed by atoms with Crippen molar-refractivity contribution < 1.29 is 0 Å². The van der Waals surface area contributed by atoms with Gasteiger partial charge in [-0.3, -0.25) is 4.99 Å². The van der Waals surface area contributed by atoms with Crippen LogP contribution < -0.4 is 5.32 Å². The van der Waals surface area contributed by atoms with E-state index >= 15 is 0 Å². The number of nitrogens with zero attached hydrogens (tertiary/aromatic N) is 3. The predicted molar refractivity (Wildman–Crippen MR) is 117 cm³/mol. The van der Waals surface area contributed by atoms with Gasteiger partial charge in [-0.05, 0) is 57.8 Å². The van der Waals surface area contributed by atoms with Gasteiger partial charge < -0.3 is 15.1 Å². The van der Waals surface area contributed by atoms with Crippen LogP contribution >= 0.6 is 24.0 Å². The van der Waals surface area contributed by atoms with Gasteiger partial charge in [-0.1, -0.05) is 30.3 Å². The lowest BCUT2D eigenvalue weighted by Crippen LogP contribution is -2.40. The van der Waals surface area contributed by atoms with Crippen molar-refractivity contribution in [2.45, 2.75) is 38.5 Å². The molecular weight excluding hydrogens is 423 g/mol. The average molecular weight is 456 g/mol. The zero-order valence-corrected chi connectivity index (χ0v) is 17.8. The molecule has 3 rings (SSSR count). The molecule has 2 aliphatic rings. The molecule has 0 radical (unpaired) electrons. The molecule has 0 amide bonds. The van der Waals surface area contributed by atoms with E-state index in [2.05, 4.69) is 52.4 Å². The first-order chi connectivity index (χ1) is 11.9. The first-order valence-electron chi connectivity index (χ1n) is 9.67. The number of hydrogen-bond donors (Lipinski definition) is 1. The van der Waals surface area contributed by atoms with Gasteiger partial charge in [0.05, 0.1) is 0 Å². The van der Waals surface area contributed by atoms with Crippen molar-refractivity contribution in [1.82, 2.24) is 15.1 Å². The number of benzene rings is 1. The van der Waals surface area contributed by atoms with Gasteiger partial charge in [0, 0.05) is 32.1 Å². The lowest BCUT2D eigenvalue weighted by molar-refractivity contribution is 0.336. The first-order valence-corrected chi connectivity index (χ1v) is 9.67. The highest BCUT2D eigenvalue weighted by atomic mass is 127. The van der Waals surface area contributed by atoms with E-state index in [1.807, 2.05) is 0 Å². The largest absolute Gasteiger partial charge is 0.357 e. The second-order valence-corrected chi connectivity index (χ2v) is 6.98. The second kappa shape index (κ2) is 11.0. The van der Waals surface area contributed by atoms with Crippen LogP contribution in [0.5, 0.6) is 0 Å². The monoisotopic (exact) mass is 456 g/mol. The number of halogens is 1. The molecule has 1 atom stereocenters. The maximum atomic E-state index is 4.89. The first kappa shape index (κ1) is 20.5. The summed E-state index contributed by atoms with van der Waals surface area (Å²) in [5.74, 6) is 1.75. The number of aliphatic imine (C=N–C) groups is 1. The van der Waals surface area contributed by atoms with Gasteiger partial charge in [-0.25, -0.2) is 0 Å². The molecule has 2 heterocycles. The fourth-order valence-corrected chi connectivity index (χ4v) is 3.86. The summed E-state index contributed by atoms with van der Waals surface area (Å²) in [5, 5.41) is 3.49. The Hall–Kier alpha value is -0.820. The Balaban J connectivity index is 0.00000225. The molecule has 2 aliphatic heterocycles. The fraction of sp³-hybridized carbons (Fsp3) is 0.650. The van der Waals surface area contributed by atoms with Crippen molar-refractivity contribution in [3.05, 3.63) is 35.9 Å². The molecule has 140 valence electrons. The number of guanidine groups is 1. The summed E-state index contributed by atoms with van der Waals surface area (Å²) < 4.78 is 0. The summed E-state index contributed by atoms with van der Waals surface area (Å²) in [7, 11) is 0. The molecule has 1 N–H and O–H groups in total. The van der Waals surface area contributed by atoms with Gasteiger partial charge in [-0.15, -0.1) is 24.0 Å². The maximum absolute atomic E-state index is 4.89. The van der Waals surface area contributed by atoms with Gasteiger partial charge in [0.1, 0.15) is 0 Å². The summed E-state index contributed by atoms with van der Waals surface area (Å²) in [6.07, 6.45) is 5.15. The minimum absolute atomic E-state index is 0. The molecule has 0 aromatic heterocycles. The molecule has 1 aromatic carbocycles. The quantitative estimate of drug-likeness (QED) is 0.308. The molecule has 0 spiro atoms. The highest BCUT2D eigenvalue weighted by Crippen LogP contribution is 2.26. The Morgan fingerprint density at radius 1 is 1.16 bits per heavy atom. The molecule has 5 heteroatoms. The summed E-state index contributed by atoms with van der Waals surface area (Å²) in [5.41, 5.74) is 1.46. The third-order valence-corrected chi connectivity index (χ3v) is 5.19. The Labute approximate surface area is 170 Å². The van der Waals surface area contributed by atoms with Crippen molar-refractivity contribution in [2.75, 3.05) is 45.8 Å². The summed E-state index contributed by atoms with van der Waals surface area (Å²) in [6.45, 7) is 10.0. The van der Waals surface area contributed by atoms with Crippen molar-refractivity contribution >= 4 is 29.9 Å². The molecule has 0 bridgehead atoms. The van der Waals surface area contributed by atoms with Crippen LogP contribution in [0.1, 0.15) is 44.1 Å². The van der Waals surface area contributed by atoms with Crippen LogP contribution in [-0.2, 0) is 0 Å². The third kappa shape index (κ3) is 6.13. The molecule has 1 aromatic rings. The molecule has 0 saturated carbocycles. The van der Waals surface area contributed by atoms with Gasteiger partial charge >= 0.3 is 0 Å². The van der Waals surface area contributed by atoms with Crippen molar-refractivity contribution in [3.63, 3.8) is 0 Å². The average Bonchev–Trinajstić information content (AvgIpc) is 3.30. The second-order valence-electron chi connectivity index (χ2n) is 6.98. The van der Waals surface area contributed by atoms with Crippen LogP contribution in [0, 0.1) is 0 Å². The zero-order chi connectivity index (χ0) is 16.6. The number of likely N-dealkylation sites (tertiary alicyclic amines) is 2. The third-order valence-electron chi connectivity index (χ3n) is 5.19. The normalized spacial score (nSPS) is 21.4. The van der Waals surface area contributed by atoms with Crippen LogP contribution in [-0.4, -0.2) is 61.6 Å². The molecule has 1 unspecified atom stereocenters. The summed E-state index contributed by atoms with van der Waals surface area (Å²) >= 11 is 0. The van der Waals surface area contributed by atoms with Crippen molar-refractivity contribution in [3.8, 4) is 0 Å². The van der Waals surface area contributed by atoms with E-state index in [-0.39, 0.29) is 24.0 Å². The van der Waals surface area contributed by atoms with Gasteiger partial charge in [0.2, 0.25) is 0 Å². The number of nitrogens with one attached hydrogen (secondary N) is 1. The summed E-state index contributed by atoms with van der Waals surface area (Å²) in [4.78, 5) is 9.90. The smallest absolute Gasteiger partial charge is 0.193 e. The number of hydrogen-bond acceptors (Lipinski definition) is 2. The Morgan fingerprint density at radius 2 is 1.92 bits per heavy atom. The van der Waals surface area contributed by atoms with Gasteiger partial charge in [0.15, 0.2) is 5.96 Å². The van der Waals surface area contributed by atoms with Crippen LogP contribution in [0.25, 0.3) is 0 Å². The zero-order valence-electron chi connectivity index (χ0n) is 15.5. The van der Waals surface area contributed by atoms with Crippen LogP contribution in [0.2, 0.25) is 0 Å². The SMILES string of the molecule is CCNC(=NCCCN1CCCC1)N1CCC(c2ccccc2)C1.I. The Kier molecular flexibility index (Phi) is 9.03. The fourth-order valence-electron chi connectivity index (χ4n) is 3.86. The molecular formula is C20H33IN4. The van der Waals surface area contributed by atoms with Crippen molar-refractivity contribution in [2.24, 2.45) is 4.99 Å². The minimum Gasteiger partial charge on any atom is -0.357 e. The van der Waals surface area contributed by atoms with Crippen LogP contribution in [0.4, 0.5) is 0 Å². The summed E-state index contributed by atoms with van der Waals surface area (Å²) in [6, 6.07) is 10.9. The van der Waals surface area contributed by atoms with Crippen molar-refractivity contribution in [1.29, 1.82) is 0 Å². The van der Waals surface area contributed by atoms with Gasteiger partial charge in [0.25, 0.3) is 0 Å². The van der Waals surface area contributed by atoms with E-state index in [0.717, 1.165) is 32.1 Å². The van der Waals surface area contributed by atoms with E-state index in [4.69, 9.17) is 4.99 Å². The van der Waals surface area contributed by atoms with Crippen LogP contribution in [0.15, 0.2) is 35.3 Å². The van der Waals surface area contributed by atoms with E-state index < -0.39 is 0 Å². The van der Waals surface area contributed by atoms with E-state index in [0.29, 0.717) is 5.92 Å². The topological polar surface area (TPSA) is 30.9 Å². The van der Waals surface area contributed by atoms with E-state index in [9.17, 15) is 0 Å². The lowest BCUT2D eigenvalue weighted by atomic mass is 9.99. The molecule has 4 nitrogen and oxygen atoms in total. The van der Waals surface area contributed by atoms with Gasteiger partial charge in [-0.2, -0.15) is 0 Å². The Bertz CT molecular complexity index is 514. The minimum atomic E-state index is 0. The van der Waals surface area contributed by atoms with E-state index in [1.165, 1.54) is 50.9 Å². The molecule has 2 saturated heterocycles. The molecule has 0 aliphatic carbocycles. The number of rotatable bonds is 6. The predicted octanol–water partition coefficient (Wildman–Crippen LogP) is 3.55. The lowest BCUT2D eigenvalue weighted by Gasteiger charge is -2.22.